The first-order chi connectivity index (χ1) is 28.1. The van der Waals surface area contributed by atoms with Crippen LogP contribution in [0, 0.1) is 10.1 Å². The molecule has 6 aromatic carbocycles. The number of benzene rings is 6. The number of rotatable bonds is 12. The van der Waals surface area contributed by atoms with Crippen LogP contribution in [-0.2, 0) is 30.4 Å². The number of nitrogens with zero attached hydrogens (tertiary/aromatic N) is 7. The summed E-state index contributed by atoms with van der Waals surface area (Å²) in [4.78, 5) is 7.41. The third-order valence-corrected chi connectivity index (χ3v) is 10.8. The van der Waals surface area contributed by atoms with Gasteiger partial charge in [0.05, 0.1) is 38.7 Å². The smallest absolute Gasteiger partial charge is 0.296 e. The number of nitrogens with one attached hydrogen (secondary N) is 1. The number of non-ortho nitro benzene ring substituents is 1. The minimum atomic E-state index is -5.27. The van der Waals surface area contributed by atoms with Crippen molar-refractivity contribution < 1.29 is 54.0 Å². The molecule has 0 aliphatic carbocycles. The van der Waals surface area contributed by atoms with Crippen LogP contribution in [0.5, 0.6) is 11.5 Å². The van der Waals surface area contributed by atoms with E-state index < -0.39 is 83.5 Å². The maximum atomic E-state index is 12.5. The summed E-state index contributed by atoms with van der Waals surface area (Å²) in [6.45, 7) is 0. The molecule has 0 saturated heterocycles. The number of hydrogen-bond donors (Lipinski definition) is 8. The standard InChI is InChI=1S/C34H26N10O13S3/c35-18-1-11-24(26(45)15-18)41-38-20-4-2-19(3-5-20)37-25-12-8-22(16-27(25)58(49,50)51)40-42-32-28(59(52,53)54)13-17-14-29(60(55,56)57)33(34(46)30(17)31(32)36)43-39-21-6-9-23(10-7-21)44(47)48/h1-16,37,45-46H,35-36H2,(H,49,50,51)(H,52,53,54)(H,55,56,57). The summed E-state index contributed by atoms with van der Waals surface area (Å²) in [5.74, 6) is -1.27. The fraction of sp³-hybridized carbons (Fsp3) is 0. The Kier molecular flexibility index (Phi) is 11.3. The Bertz CT molecular complexity index is 3160. The summed E-state index contributed by atoms with van der Waals surface area (Å²) in [5, 5.41) is 57.0. The Hall–Kier alpha value is -7.49. The molecule has 26 heteroatoms. The van der Waals surface area contributed by atoms with E-state index in [0.29, 0.717) is 29.2 Å². The van der Waals surface area contributed by atoms with Gasteiger partial charge in [0, 0.05) is 29.6 Å². The second-order valence-corrected chi connectivity index (χ2v) is 16.4. The minimum Gasteiger partial charge on any atom is -0.506 e. The van der Waals surface area contributed by atoms with Crippen molar-refractivity contribution in [3.8, 4) is 11.5 Å². The fourth-order valence-corrected chi connectivity index (χ4v) is 7.35. The monoisotopic (exact) mass is 878 g/mol. The van der Waals surface area contributed by atoms with Gasteiger partial charge in [0.2, 0.25) is 0 Å². The Labute approximate surface area is 337 Å². The number of phenolic OH excluding ortho intramolecular Hbond substituents is 2. The highest BCUT2D eigenvalue weighted by molar-refractivity contribution is 7.86. The number of nitrogen functional groups attached to an aromatic ring is 2. The lowest BCUT2D eigenvalue weighted by molar-refractivity contribution is -0.384. The van der Waals surface area contributed by atoms with E-state index in [9.17, 15) is 59.2 Å². The van der Waals surface area contributed by atoms with Crippen molar-refractivity contribution in [3.05, 3.63) is 107 Å². The minimum absolute atomic E-state index is 0.0647. The molecule has 0 saturated carbocycles. The zero-order valence-electron chi connectivity index (χ0n) is 29.7. The quantitative estimate of drug-likeness (QED) is 0.0189. The molecule has 0 atom stereocenters. The predicted octanol–water partition coefficient (Wildman–Crippen LogP) is 8.05. The van der Waals surface area contributed by atoms with Crippen LogP contribution in [0.3, 0.4) is 0 Å². The molecule has 0 spiro atoms. The van der Waals surface area contributed by atoms with Crippen molar-refractivity contribution >= 4 is 104 Å². The summed E-state index contributed by atoms with van der Waals surface area (Å²) < 4.78 is 105. The van der Waals surface area contributed by atoms with E-state index in [1.807, 2.05) is 0 Å². The Morgan fingerprint density at radius 2 is 1.10 bits per heavy atom. The Morgan fingerprint density at radius 1 is 0.583 bits per heavy atom. The van der Waals surface area contributed by atoms with E-state index in [0.717, 1.165) is 30.3 Å². The molecule has 23 nitrogen and oxygen atoms in total. The Balaban J connectivity index is 1.37. The molecule has 6 rings (SSSR count). The predicted molar refractivity (Wildman–Crippen MR) is 214 cm³/mol. The van der Waals surface area contributed by atoms with Crippen LogP contribution in [0.4, 0.5) is 62.6 Å². The third kappa shape index (κ3) is 9.28. The first-order valence-electron chi connectivity index (χ1n) is 16.2. The highest BCUT2D eigenvalue weighted by Gasteiger charge is 2.28. The number of nitro groups is 1. The maximum absolute atomic E-state index is 12.5. The molecular formula is C34H26N10O13S3. The van der Waals surface area contributed by atoms with E-state index in [4.69, 9.17) is 11.5 Å². The van der Waals surface area contributed by atoms with Crippen molar-refractivity contribution in [2.45, 2.75) is 14.7 Å². The number of nitrogens with two attached hydrogens (primary N) is 2. The van der Waals surface area contributed by atoms with Gasteiger partial charge in [0.1, 0.15) is 37.5 Å². The summed E-state index contributed by atoms with van der Waals surface area (Å²) in [6, 6.07) is 19.2. The van der Waals surface area contributed by atoms with Crippen molar-refractivity contribution in [1.82, 2.24) is 0 Å². The summed E-state index contributed by atoms with van der Waals surface area (Å²) in [5.41, 5.74) is 9.65. The third-order valence-electron chi connectivity index (χ3n) is 8.12. The van der Waals surface area contributed by atoms with Crippen LogP contribution in [0.15, 0.2) is 142 Å². The van der Waals surface area contributed by atoms with Gasteiger partial charge in [-0.15, -0.1) is 15.3 Å². The SMILES string of the molecule is Nc1ccc(N=Nc2ccc(Nc3ccc(N=Nc4c(S(=O)(=O)O)cc5cc(S(=O)(=O)O)c(N=Nc6ccc([N+](=O)[O-])cc6)c(O)c5c4N)cc3S(=O)(=O)O)cc2)c(O)c1. The van der Waals surface area contributed by atoms with Gasteiger partial charge in [-0.1, -0.05) is 0 Å². The highest BCUT2D eigenvalue weighted by atomic mass is 32.2. The van der Waals surface area contributed by atoms with Crippen LogP contribution < -0.4 is 16.8 Å². The van der Waals surface area contributed by atoms with Gasteiger partial charge in [-0.05, 0) is 84.2 Å². The molecule has 0 aliphatic rings. The molecule has 0 aliphatic heterocycles. The van der Waals surface area contributed by atoms with E-state index in [-0.39, 0.29) is 34.2 Å². The topological polar surface area (TPSA) is 385 Å². The van der Waals surface area contributed by atoms with E-state index in [1.54, 1.807) is 0 Å². The molecule has 0 aromatic heterocycles. The van der Waals surface area contributed by atoms with E-state index in [1.165, 1.54) is 54.6 Å². The van der Waals surface area contributed by atoms with Gasteiger partial charge in [0.15, 0.2) is 5.75 Å². The molecule has 0 unspecified atom stereocenters. The van der Waals surface area contributed by atoms with Gasteiger partial charge in [-0.2, -0.15) is 40.6 Å². The normalized spacial score (nSPS) is 12.5. The van der Waals surface area contributed by atoms with E-state index in [2.05, 4.69) is 36.0 Å². The van der Waals surface area contributed by atoms with Gasteiger partial charge in [0.25, 0.3) is 36.0 Å². The van der Waals surface area contributed by atoms with Crippen molar-refractivity contribution in [2.75, 3.05) is 16.8 Å². The largest absolute Gasteiger partial charge is 0.506 e. The number of hydrogen-bond acceptors (Lipinski definition) is 19. The average Bonchev–Trinajstić information content (AvgIpc) is 3.16. The lowest BCUT2D eigenvalue weighted by Gasteiger charge is -2.14. The molecule has 60 heavy (non-hydrogen) atoms. The second-order valence-electron chi connectivity index (χ2n) is 12.2. The lowest BCUT2D eigenvalue weighted by Crippen LogP contribution is -2.04. The number of azo groups is 3. The van der Waals surface area contributed by atoms with Crippen molar-refractivity contribution in [2.24, 2.45) is 30.7 Å². The van der Waals surface area contributed by atoms with Crippen LogP contribution in [0.2, 0.25) is 0 Å². The molecule has 0 fully saturated rings. The molecule has 6 aromatic rings. The molecule has 0 radical (unpaired) electrons. The van der Waals surface area contributed by atoms with Gasteiger partial charge >= 0.3 is 0 Å². The second kappa shape index (κ2) is 16.0. The van der Waals surface area contributed by atoms with Crippen molar-refractivity contribution in [3.63, 3.8) is 0 Å². The fourth-order valence-electron chi connectivity index (χ4n) is 5.35. The number of fused-ring (bicyclic) bond motifs is 1. The van der Waals surface area contributed by atoms with Crippen molar-refractivity contribution in [1.29, 1.82) is 0 Å². The number of phenols is 2. The number of nitro benzene ring substituents is 1. The molecule has 0 amide bonds. The van der Waals surface area contributed by atoms with Crippen LogP contribution >= 0.6 is 0 Å². The number of aromatic hydroxyl groups is 2. The summed E-state index contributed by atoms with van der Waals surface area (Å²) in [7, 11) is -15.5. The van der Waals surface area contributed by atoms with Crippen LogP contribution in [0.25, 0.3) is 10.8 Å². The summed E-state index contributed by atoms with van der Waals surface area (Å²) in [6.07, 6.45) is 0. The average molecular weight is 879 g/mol. The number of anilines is 4. The Morgan fingerprint density at radius 3 is 1.67 bits per heavy atom. The molecule has 308 valence electrons. The van der Waals surface area contributed by atoms with Crippen LogP contribution in [0.1, 0.15) is 0 Å². The first-order valence-corrected chi connectivity index (χ1v) is 20.6. The summed E-state index contributed by atoms with van der Waals surface area (Å²) >= 11 is 0. The van der Waals surface area contributed by atoms with Gasteiger partial charge in [-0.25, -0.2) is 0 Å². The first kappa shape index (κ1) is 42.1. The zero-order chi connectivity index (χ0) is 43.7. The molecular weight excluding hydrogens is 853 g/mol. The van der Waals surface area contributed by atoms with E-state index >= 15 is 0 Å². The molecule has 0 heterocycles. The van der Waals surface area contributed by atoms with Crippen LogP contribution in [-0.4, -0.2) is 54.0 Å². The molecule has 10 N–H and O–H groups in total. The highest BCUT2D eigenvalue weighted by Crippen LogP contribution is 2.48. The maximum Gasteiger partial charge on any atom is 0.296 e. The van der Waals surface area contributed by atoms with Gasteiger partial charge < -0.3 is 27.0 Å². The zero-order valence-corrected chi connectivity index (χ0v) is 32.2. The van der Waals surface area contributed by atoms with Gasteiger partial charge in [-0.3, -0.25) is 23.8 Å². The molecule has 0 bridgehead atoms. The lowest BCUT2D eigenvalue weighted by atomic mass is 10.1.